The Bertz CT molecular complexity index is 308. The molecule has 0 spiro atoms. The molecular weight excluding hydrogens is 186 g/mol. The Labute approximate surface area is 83.1 Å². The molecule has 0 saturated heterocycles. The molecule has 1 aromatic rings. The van der Waals surface area contributed by atoms with Gasteiger partial charge in [0, 0.05) is 12.5 Å². The molecule has 72 valence electrons. The van der Waals surface area contributed by atoms with Crippen molar-refractivity contribution < 1.29 is 0 Å². The molecule has 1 aromatic heterocycles. The fourth-order valence-corrected chi connectivity index (χ4v) is 2.16. The van der Waals surface area contributed by atoms with Crippen LogP contribution in [-0.2, 0) is 6.42 Å². The van der Waals surface area contributed by atoms with Crippen molar-refractivity contribution >= 4 is 11.6 Å². The first-order valence-corrected chi connectivity index (χ1v) is 5.21. The Balaban J connectivity index is 2.31. The van der Waals surface area contributed by atoms with Gasteiger partial charge in [0.25, 0.3) is 0 Å². The number of hydrogen-bond acceptors (Lipinski definition) is 2. The lowest BCUT2D eigenvalue weighted by molar-refractivity contribution is 0.197. The van der Waals surface area contributed by atoms with Gasteiger partial charge in [-0.3, -0.25) is 4.57 Å². The fourth-order valence-electron chi connectivity index (χ4n) is 1.90. The summed E-state index contributed by atoms with van der Waals surface area (Å²) in [5.41, 5.74) is 0. The summed E-state index contributed by atoms with van der Waals surface area (Å²) in [4.78, 5) is 0. The number of rotatable bonds is 2. The minimum absolute atomic E-state index is 0.539. The van der Waals surface area contributed by atoms with Gasteiger partial charge >= 0.3 is 0 Å². The summed E-state index contributed by atoms with van der Waals surface area (Å²) in [6.45, 7) is 4.34. The molecular formula is C9H14ClN3. The van der Waals surface area contributed by atoms with Crippen LogP contribution in [0.5, 0.6) is 0 Å². The van der Waals surface area contributed by atoms with E-state index in [4.69, 9.17) is 11.6 Å². The molecule has 0 amide bonds. The third-order valence-corrected chi connectivity index (χ3v) is 3.21. The first-order chi connectivity index (χ1) is 6.24. The molecule has 0 aliphatic heterocycles. The van der Waals surface area contributed by atoms with Gasteiger partial charge in [-0.1, -0.05) is 13.8 Å². The van der Waals surface area contributed by atoms with E-state index in [1.807, 2.05) is 0 Å². The Morgan fingerprint density at radius 2 is 2.23 bits per heavy atom. The van der Waals surface area contributed by atoms with Gasteiger partial charge in [-0.05, 0) is 30.4 Å². The van der Waals surface area contributed by atoms with Crippen LogP contribution >= 0.6 is 11.6 Å². The number of aromatic nitrogens is 3. The second-order valence-electron chi connectivity index (χ2n) is 3.73. The highest BCUT2D eigenvalue weighted by atomic mass is 35.5. The summed E-state index contributed by atoms with van der Waals surface area (Å²) in [7, 11) is 0. The van der Waals surface area contributed by atoms with Gasteiger partial charge in [0.05, 0.1) is 0 Å². The Morgan fingerprint density at radius 1 is 1.46 bits per heavy atom. The van der Waals surface area contributed by atoms with Crippen molar-refractivity contribution in [2.45, 2.75) is 39.2 Å². The van der Waals surface area contributed by atoms with Crippen LogP contribution in [0.25, 0.3) is 0 Å². The van der Waals surface area contributed by atoms with Crippen molar-refractivity contribution in [3.63, 3.8) is 0 Å². The van der Waals surface area contributed by atoms with Crippen molar-refractivity contribution in [2.24, 2.45) is 5.92 Å². The van der Waals surface area contributed by atoms with Gasteiger partial charge in [0.2, 0.25) is 5.28 Å². The number of hydrogen-bond donors (Lipinski definition) is 0. The smallest absolute Gasteiger partial charge is 0.225 e. The van der Waals surface area contributed by atoms with Crippen molar-refractivity contribution in [1.82, 2.24) is 14.8 Å². The number of halogens is 1. The highest BCUT2D eigenvalue weighted by Gasteiger charge is 2.31. The average Bonchev–Trinajstić information content (AvgIpc) is 2.46. The van der Waals surface area contributed by atoms with Gasteiger partial charge in [0.1, 0.15) is 5.82 Å². The number of aryl methyl sites for hydroxylation is 1. The summed E-state index contributed by atoms with van der Waals surface area (Å²) in [6.07, 6.45) is 3.41. The minimum atomic E-state index is 0.539. The Morgan fingerprint density at radius 3 is 2.69 bits per heavy atom. The lowest BCUT2D eigenvalue weighted by Crippen LogP contribution is -2.28. The van der Waals surface area contributed by atoms with E-state index in [1.54, 1.807) is 0 Å². The zero-order valence-corrected chi connectivity index (χ0v) is 8.75. The lowest BCUT2D eigenvalue weighted by Gasteiger charge is -2.35. The molecule has 0 N–H and O–H groups in total. The molecule has 1 aliphatic carbocycles. The van der Waals surface area contributed by atoms with Gasteiger partial charge in [-0.2, -0.15) is 0 Å². The second-order valence-corrected chi connectivity index (χ2v) is 4.07. The quantitative estimate of drug-likeness (QED) is 0.733. The lowest BCUT2D eigenvalue weighted by atomic mass is 9.81. The molecule has 1 fully saturated rings. The third-order valence-electron chi connectivity index (χ3n) is 2.95. The zero-order valence-electron chi connectivity index (χ0n) is 8.00. The summed E-state index contributed by atoms with van der Waals surface area (Å²) >= 11 is 5.99. The standard InChI is InChI=1S/C9H14ClN3/c1-3-8-11-12-9(10)13(8)7-5-4-6(7)2/h6-7H,3-5H2,1-2H3. The summed E-state index contributed by atoms with van der Waals surface area (Å²) in [5.74, 6) is 1.74. The molecule has 4 heteroatoms. The monoisotopic (exact) mass is 199 g/mol. The van der Waals surface area contributed by atoms with Crippen molar-refractivity contribution in [3.05, 3.63) is 11.1 Å². The van der Waals surface area contributed by atoms with Crippen LogP contribution in [0.4, 0.5) is 0 Å². The molecule has 0 aromatic carbocycles. The minimum Gasteiger partial charge on any atom is -0.298 e. The molecule has 2 unspecified atom stereocenters. The van der Waals surface area contributed by atoms with Crippen molar-refractivity contribution in [2.75, 3.05) is 0 Å². The molecule has 1 saturated carbocycles. The summed E-state index contributed by atoms with van der Waals surface area (Å²) < 4.78 is 2.09. The topological polar surface area (TPSA) is 30.7 Å². The zero-order chi connectivity index (χ0) is 9.42. The maximum Gasteiger partial charge on any atom is 0.225 e. The first kappa shape index (κ1) is 9.00. The van der Waals surface area contributed by atoms with E-state index in [1.165, 1.54) is 12.8 Å². The maximum atomic E-state index is 5.99. The van der Waals surface area contributed by atoms with Crippen LogP contribution < -0.4 is 0 Å². The van der Waals surface area contributed by atoms with Crippen LogP contribution in [0.2, 0.25) is 5.28 Å². The van der Waals surface area contributed by atoms with E-state index >= 15 is 0 Å². The molecule has 1 aliphatic rings. The van der Waals surface area contributed by atoms with E-state index in [2.05, 4.69) is 28.6 Å². The predicted octanol–water partition coefficient (Wildman–Crippen LogP) is 2.46. The van der Waals surface area contributed by atoms with Gasteiger partial charge in [-0.15, -0.1) is 10.2 Å². The van der Waals surface area contributed by atoms with Crippen LogP contribution in [0.1, 0.15) is 38.6 Å². The normalized spacial score (nSPS) is 27.3. The van der Waals surface area contributed by atoms with E-state index in [0.29, 0.717) is 11.3 Å². The predicted molar refractivity (Wildman–Crippen MR) is 51.8 cm³/mol. The van der Waals surface area contributed by atoms with Gasteiger partial charge in [0.15, 0.2) is 0 Å². The average molecular weight is 200 g/mol. The molecule has 0 radical (unpaired) electrons. The van der Waals surface area contributed by atoms with E-state index in [9.17, 15) is 0 Å². The largest absolute Gasteiger partial charge is 0.298 e. The Hall–Kier alpha value is -0.570. The second kappa shape index (κ2) is 3.29. The fraction of sp³-hybridized carbons (Fsp3) is 0.778. The molecule has 13 heavy (non-hydrogen) atoms. The highest BCUT2D eigenvalue weighted by Crippen LogP contribution is 2.40. The SMILES string of the molecule is CCc1nnc(Cl)n1C1CCC1C. The van der Waals surface area contributed by atoms with Crippen molar-refractivity contribution in [1.29, 1.82) is 0 Å². The van der Waals surface area contributed by atoms with Crippen LogP contribution in [0, 0.1) is 5.92 Å². The van der Waals surface area contributed by atoms with Gasteiger partial charge < -0.3 is 0 Å². The van der Waals surface area contributed by atoms with E-state index in [0.717, 1.165) is 18.2 Å². The summed E-state index contributed by atoms with van der Waals surface area (Å²) in [5, 5.41) is 8.51. The summed E-state index contributed by atoms with van der Waals surface area (Å²) in [6, 6.07) is 0.539. The molecule has 2 atom stereocenters. The first-order valence-electron chi connectivity index (χ1n) is 4.83. The third kappa shape index (κ3) is 1.35. The molecule has 2 rings (SSSR count). The number of nitrogens with zero attached hydrogens (tertiary/aromatic N) is 3. The van der Waals surface area contributed by atoms with Gasteiger partial charge in [-0.25, -0.2) is 0 Å². The molecule has 0 bridgehead atoms. The van der Waals surface area contributed by atoms with Crippen molar-refractivity contribution in [3.8, 4) is 0 Å². The van der Waals surface area contributed by atoms with Crippen LogP contribution in [0.3, 0.4) is 0 Å². The van der Waals surface area contributed by atoms with Crippen LogP contribution in [0.15, 0.2) is 0 Å². The van der Waals surface area contributed by atoms with E-state index in [-0.39, 0.29) is 0 Å². The maximum absolute atomic E-state index is 5.99. The Kier molecular flexibility index (Phi) is 2.28. The molecule has 1 heterocycles. The highest BCUT2D eigenvalue weighted by molar-refractivity contribution is 6.28. The molecule has 3 nitrogen and oxygen atoms in total. The van der Waals surface area contributed by atoms with E-state index < -0.39 is 0 Å². The van der Waals surface area contributed by atoms with Crippen LogP contribution in [-0.4, -0.2) is 14.8 Å².